The van der Waals surface area contributed by atoms with E-state index in [0.29, 0.717) is 36.2 Å². The van der Waals surface area contributed by atoms with Crippen molar-refractivity contribution in [2.45, 2.75) is 90.6 Å². The number of likely N-dealkylation sites (tertiary alicyclic amines) is 1. The zero-order valence-corrected chi connectivity index (χ0v) is 17.7. The van der Waals surface area contributed by atoms with Gasteiger partial charge in [0.1, 0.15) is 6.10 Å². The quantitative estimate of drug-likeness (QED) is 0.498. The molecule has 2 fully saturated rings. The van der Waals surface area contributed by atoms with Crippen molar-refractivity contribution in [1.29, 1.82) is 0 Å². The molecule has 0 aromatic carbocycles. The van der Waals surface area contributed by atoms with Crippen molar-refractivity contribution >= 4 is 0 Å². The van der Waals surface area contributed by atoms with Gasteiger partial charge in [0.2, 0.25) is 0 Å². The van der Waals surface area contributed by atoms with E-state index in [1.54, 1.807) is 7.11 Å². The summed E-state index contributed by atoms with van der Waals surface area (Å²) in [5.74, 6) is 2.19. The van der Waals surface area contributed by atoms with Crippen molar-refractivity contribution in [1.82, 2.24) is 4.90 Å². The summed E-state index contributed by atoms with van der Waals surface area (Å²) in [5.41, 5.74) is 0. The molecule has 2 unspecified atom stereocenters. The summed E-state index contributed by atoms with van der Waals surface area (Å²) in [5, 5.41) is 0. The molecule has 4 heteroatoms. The summed E-state index contributed by atoms with van der Waals surface area (Å²) in [4.78, 5) is 2.58. The average molecular weight is 368 g/mol. The second-order valence-corrected chi connectivity index (χ2v) is 8.75. The maximum absolute atomic E-state index is 6.17. The minimum absolute atomic E-state index is 0.313. The van der Waals surface area contributed by atoms with E-state index >= 15 is 0 Å². The minimum Gasteiger partial charge on any atom is -0.495 e. The van der Waals surface area contributed by atoms with E-state index in [0.717, 1.165) is 38.0 Å². The maximum Gasteiger partial charge on any atom is 0.103 e. The van der Waals surface area contributed by atoms with Gasteiger partial charge >= 0.3 is 0 Å². The van der Waals surface area contributed by atoms with Crippen LogP contribution in [0.5, 0.6) is 0 Å². The van der Waals surface area contributed by atoms with Crippen LogP contribution in [0, 0.1) is 11.8 Å². The highest BCUT2D eigenvalue weighted by atomic mass is 16.5. The van der Waals surface area contributed by atoms with Gasteiger partial charge in [0, 0.05) is 39.0 Å². The van der Waals surface area contributed by atoms with E-state index in [9.17, 15) is 0 Å². The Bertz CT molecular complexity index is 412. The van der Waals surface area contributed by atoms with E-state index < -0.39 is 0 Å². The molecule has 2 aliphatic rings. The van der Waals surface area contributed by atoms with Crippen molar-refractivity contribution in [3.05, 3.63) is 12.3 Å². The van der Waals surface area contributed by atoms with Crippen LogP contribution >= 0.6 is 0 Å². The van der Waals surface area contributed by atoms with Gasteiger partial charge in [-0.05, 0) is 65.0 Å². The van der Waals surface area contributed by atoms with Crippen molar-refractivity contribution in [2.24, 2.45) is 11.8 Å². The molecule has 1 saturated heterocycles. The fraction of sp³-hybridized carbons (Fsp3) is 0.909. The first-order valence-electron chi connectivity index (χ1n) is 10.6. The molecule has 152 valence electrons. The highest BCUT2D eigenvalue weighted by Crippen LogP contribution is 2.29. The van der Waals surface area contributed by atoms with Gasteiger partial charge in [0.05, 0.1) is 18.0 Å². The van der Waals surface area contributed by atoms with Crippen molar-refractivity contribution in [3.63, 3.8) is 0 Å². The molecule has 0 aromatic rings. The van der Waals surface area contributed by atoms with Gasteiger partial charge in [-0.2, -0.15) is 0 Å². The number of hydrogen-bond acceptors (Lipinski definition) is 4. The molecule has 1 saturated carbocycles. The molecule has 0 radical (unpaired) electrons. The van der Waals surface area contributed by atoms with Gasteiger partial charge in [-0.15, -0.1) is 0 Å². The number of allylic oxidation sites excluding steroid dienone is 1. The second-order valence-electron chi connectivity index (χ2n) is 8.75. The molecule has 1 heterocycles. The van der Waals surface area contributed by atoms with Gasteiger partial charge in [-0.25, -0.2) is 0 Å². The van der Waals surface area contributed by atoms with Crippen molar-refractivity contribution < 1.29 is 14.2 Å². The lowest BCUT2D eigenvalue weighted by Crippen LogP contribution is -2.41. The Hall–Kier alpha value is -0.580. The van der Waals surface area contributed by atoms with Crippen molar-refractivity contribution in [3.8, 4) is 0 Å². The summed E-state index contributed by atoms with van der Waals surface area (Å²) in [6, 6.07) is 0.670. The predicted molar refractivity (Wildman–Crippen MR) is 107 cm³/mol. The maximum atomic E-state index is 6.17. The van der Waals surface area contributed by atoms with Crippen molar-refractivity contribution in [2.75, 3.05) is 26.8 Å². The van der Waals surface area contributed by atoms with Gasteiger partial charge in [0.15, 0.2) is 0 Å². The fourth-order valence-corrected chi connectivity index (χ4v) is 4.08. The first kappa shape index (κ1) is 21.7. The van der Waals surface area contributed by atoms with Crippen LogP contribution in [0.3, 0.4) is 0 Å². The van der Waals surface area contributed by atoms with Crippen LogP contribution in [0.2, 0.25) is 0 Å². The van der Waals surface area contributed by atoms with Gasteiger partial charge in [0.25, 0.3) is 0 Å². The first-order valence-corrected chi connectivity index (χ1v) is 10.6. The van der Waals surface area contributed by atoms with Crippen LogP contribution in [0.15, 0.2) is 12.3 Å². The standard InChI is InChI=1S/C22H41NO3/c1-16(2)23-10-7-20(8-11-23)19(5)25-12-9-17(3)13-18(4)26-22-14-21(15-22)24-6/h16-17,19-22H,4,7-15H2,1-3,5-6H3. The van der Waals surface area contributed by atoms with Crippen LogP contribution < -0.4 is 0 Å². The number of hydrogen-bond donors (Lipinski definition) is 0. The number of nitrogens with zero attached hydrogens (tertiary/aromatic N) is 1. The Morgan fingerprint density at radius 3 is 2.31 bits per heavy atom. The Kier molecular flexibility index (Phi) is 8.92. The number of methoxy groups -OCH3 is 1. The SMILES string of the molecule is C=C(CC(C)CCOC(C)C1CCN(C(C)C)CC1)OC1CC(OC)C1. The summed E-state index contributed by atoms with van der Waals surface area (Å²) in [7, 11) is 1.77. The summed E-state index contributed by atoms with van der Waals surface area (Å²) in [6.07, 6.45) is 7.60. The van der Waals surface area contributed by atoms with E-state index in [1.165, 1.54) is 25.9 Å². The Morgan fingerprint density at radius 2 is 1.73 bits per heavy atom. The van der Waals surface area contributed by atoms with Gasteiger partial charge < -0.3 is 19.1 Å². The second kappa shape index (κ2) is 10.7. The molecule has 26 heavy (non-hydrogen) atoms. The molecular weight excluding hydrogens is 326 g/mol. The zero-order chi connectivity index (χ0) is 19.1. The molecule has 2 rings (SSSR count). The molecule has 0 spiro atoms. The average Bonchev–Trinajstić information content (AvgIpc) is 2.57. The third-order valence-electron chi connectivity index (χ3n) is 6.25. The minimum atomic E-state index is 0.313. The monoisotopic (exact) mass is 367 g/mol. The molecule has 0 N–H and O–H groups in total. The lowest BCUT2D eigenvalue weighted by Gasteiger charge is -2.37. The fourth-order valence-electron chi connectivity index (χ4n) is 4.08. The first-order chi connectivity index (χ1) is 12.4. The van der Waals surface area contributed by atoms with Crippen LogP contribution in [0.25, 0.3) is 0 Å². The van der Waals surface area contributed by atoms with E-state index in [1.807, 2.05) is 0 Å². The Balaban J connectivity index is 1.54. The van der Waals surface area contributed by atoms with E-state index in [2.05, 4.69) is 39.2 Å². The molecule has 0 aromatic heterocycles. The highest BCUT2D eigenvalue weighted by Gasteiger charge is 2.31. The van der Waals surface area contributed by atoms with E-state index in [-0.39, 0.29) is 0 Å². The third-order valence-corrected chi connectivity index (χ3v) is 6.25. The topological polar surface area (TPSA) is 30.9 Å². The smallest absolute Gasteiger partial charge is 0.103 e. The molecule has 0 amide bonds. The summed E-state index contributed by atoms with van der Waals surface area (Å²) < 4.78 is 17.4. The van der Waals surface area contributed by atoms with E-state index in [4.69, 9.17) is 14.2 Å². The van der Waals surface area contributed by atoms with Crippen LogP contribution in [-0.2, 0) is 14.2 Å². The normalized spacial score (nSPS) is 27.2. The number of ether oxygens (including phenoxy) is 3. The number of piperidine rings is 1. The van der Waals surface area contributed by atoms with Gasteiger partial charge in [-0.3, -0.25) is 0 Å². The van der Waals surface area contributed by atoms with Crippen LogP contribution in [0.4, 0.5) is 0 Å². The molecular formula is C22H41NO3. The largest absolute Gasteiger partial charge is 0.495 e. The molecule has 1 aliphatic heterocycles. The van der Waals surface area contributed by atoms with Gasteiger partial charge in [-0.1, -0.05) is 13.5 Å². The molecule has 1 aliphatic carbocycles. The summed E-state index contributed by atoms with van der Waals surface area (Å²) in [6.45, 7) is 16.5. The third kappa shape index (κ3) is 6.86. The lowest BCUT2D eigenvalue weighted by atomic mass is 9.91. The lowest BCUT2D eigenvalue weighted by molar-refractivity contribution is -0.0667. The molecule has 0 bridgehead atoms. The molecule has 2 atom stereocenters. The highest BCUT2D eigenvalue weighted by molar-refractivity contribution is 4.90. The zero-order valence-electron chi connectivity index (χ0n) is 17.7. The summed E-state index contributed by atoms with van der Waals surface area (Å²) >= 11 is 0. The number of rotatable bonds is 11. The van der Waals surface area contributed by atoms with Crippen LogP contribution in [0.1, 0.15) is 66.2 Å². The predicted octanol–water partition coefficient (Wildman–Crippen LogP) is 4.64. The Morgan fingerprint density at radius 1 is 1.08 bits per heavy atom. The van der Waals surface area contributed by atoms with Crippen LogP contribution in [-0.4, -0.2) is 56.1 Å². The molecule has 4 nitrogen and oxygen atoms in total. The Labute approximate surface area is 161 Å².